The molecule has 0 fully saturated rings. The zero-order valence-electron chi connectivity index (χ0n) is 20.2. The average molecular weight is 485 g/mol. The van der Waals surface area contributed by atoms with E-state index in [-0.39, 0.29) is 43.5 Å². The summed E-state index contributed by atoms with van der Waals surface area (Å²) in [5.74, 6) is 0.0530. The van der Waals surface area contributed by atoms with Crippen molar-refractivity contribution in [3.05, 3.63) is 23.8 Å². The number of likely N-dealkylation sites (N-methyl/N-ethyl adjacent to an activating group) is 1. The fourth-order valence-electron chi connectivity index (χ4n) is 3.54. The van der Waals surface area contributed by atoms with Crippen LogP contribution >= 0.6 is 0 Å². The smallest absolute Gasteiger partial charge is 0.319 e. The number of anilines is 1. The van der Waals surface area contributed by atoms with E-state index in [4.69, 9.17) is 4.74 Å². The Kier molecular flexibility index (Phi) is 9.10. The molecule has 0 saturated carbocycles. The summed E-state index contributed by atoms with van der Waals surface area (Å²) in [6.45, 7) is 7.56. The number of sulfonamides is 1. The molecule has 1 aliphatic rings. The first kappa shape index (κ1) is 26.9. The largest absolute Gasteiger partial charge is 0.488 e. The predicted molar refractivity (Wildman–Crippen MR) is 127 cm³/mol. The summed E-state index contributed by atoms with van der Waals surface area (Å²) in [7, 11) is -1.95. The molecule has 2 rings (SSSR count). The second kappa shape index (κ2) is 11.2. The number of hydrogen-bond acceptors (Lipinski definition) is 6. The van der Waals surface area contributed by atoms with E-state index >= 15 is 0 Å². The zero-order chi connectivity index (χ0) is 24.9. The van der Waals surface area contributed by atoms with E-state index in [9.17, 15) is 23.1 Å². The van der Waals surface area contributed by atoms with Crippen LogP contribution in [-0.4, -0.2) is 85.9 Å². The van der Waals surface area contributed by atoms with Crippen LogP contribution in [0.3, 0.4) is 0 Å². The topological polar surface area (TPSA) is 128 Å². The van der Waals surface area contributed by atoms with Crippen LogP contribution in [0.4, 0.5) is 10.5 Å². The lowest BCUT2D eigenvalue weighted by molar-refractivity contribution is -0.134. The lowest BCUT2D eigenvalue weighted by atomic mass is 10.0. The van der Waals surface area contributed by atoms with Gasteiger partial charge in [0.05, 0.1) is 31.9 Å². The van der Waals surface area contributed by atoms with Gasteiger partial charge in [-0.05, 0) is 39.0 Å². The first-order chi connectivity index (χ1) is 15.3. The normalized spacial score (nSPS) is 20.4. The molecule has 1 heterocycles. The van der Waals surface area contributed by atoms with Gasteiger partial charge in [-0.2, -0.15) is 0 Å². The van der Waals surface area contributed by atoms with E-state index < -0.39 is 22.2 Å². The van der Waals surface area contributed by atoms with Gasteiger partial charge in [0, 0.05) is 36.8 Å². The number of amides is 3. The van der Waals surface area contributed by atoms with Crippen molar-refractivity contribution in [3.63, 3.8) is 0 Å². The van der Waals surface area contributed by atoms with Gasteiger partial charge in [0.15, 0.2) is 0 Å². The highest BCUT2D eigenvalue weighted by molar-refractivity contribution is 7.88. The molecule has 3 amide bonds. The molecule has 0 spiro atoms. The Labute approximate surface area is 196 Å². The van der Waals surface area contributed by atoms with Gasteiger partial charge in [-0.25, -0.2) is 17.5 Å². The maximum absolute atomic E-state index is 13.1. The Morgan fingerprint density at radius 1 is 1.33 bits per heavy atom. The van der Waals surface area contributed by atoms with E-state index in [1.807, 2.05) is 20.8 Å². The second-order valence-corrected chi connectivity index (χ2v) is 11.1. The number of urea groups is 1. The Hall–Kier alpha value is -2.37. The number of ether oxygens (including phenoxy) is 1. The summed E-state index contributed by atoms with van der Waals surface area (Å²) < 4.78 is 31.5. The molecule has 0 aliphatic carbocycles. The van der Waals surface area contributed by atoms with E-state index in [1.54, 1.807) is 30.0 Å². The monoisotopic (exact) mass is 484 g/mol. The minimum Gasteiger partial charge on any atom is -0.488 e. The van der Waals surface area contributed by atoms with Crippen LogP contribution in [0.2, 0.25) is 0 Å². The first-order valence-corrected chi connectivity index (χ1v) is 12.8. The van der Waals surface area contributed by atoms with Crippen molar-refractivity contribution in [2.24, 2.45) is 5.92 Å². The molecule has 0 bridgehead atoms. The molecular formula is C22H36N4O6S. The van der Waals surface area contributed by atoms with Gasteiger partial charge >= 0.3 is 6.03 Å². The number of nitrogens with zero attached hydrogens (tertiary/aromatic N) is 2. The van der Waals surface area contributed by atoms with Crippen molar-refractivity contribution in [1.82, 2.24) is 14.5 Å². The molecule has 0 radical (unpaired) electrons. The number of aliphatic hydroxyl groups is 1. The van der Waals surface area contributed by atoms with Crippen molar-refractivity contribution < 1.29 is 27.9 Å². The fraction of sp³-hybridized carbons (Fsp3) is 0.636. The summed E-state index contributed by atoms with van der Waals surface area (Å²) in [4.78, 5) is 26.9. The Morgan fingerprint density at radius 3 is 2.58 bits per heavy atom. The fourth-order valence-corrected chi connectivity index (χ4v) is 3.96. The van der Waals surface area contributed by atoms with Crippen LogP contribution < -0.4 is 15.4 Å². The van der Waals surface area contributed by atoms with Crippen molar-refractivity contribution >= 4 is 27.6 Å². The molecule has 186 valence electrons. The van der Waals surface area contributed by atoms with Crippen molar-refractivity contribution in [1.29, 1.82) is 0 Å². The van der Waals surface area contributed by atoms with E-state index in [0.29, 0.717) is 23.5 Å². The molecule has 0 saturated heterocycles. The number of fused-ring (bicyclic) bond motifs is 1. The maximum atomic E-state index is 13.1. The van der Waals surface area contributed by atoms with Gasteiger partial charge in [0.25, 0.3) is 0 Å². The van der Waals surface area contributed by atoms with Gasteiger partial charge in [0.2, 0.25) is 15.9 Å². The third-order valence-electron chi connectivity index (χ3n) is 5.60. The lowest BCUT2D eigenvalue weighted by Gasteiger charge is -2.33. The van der Waals surface area contributed by atoms with Crippen LogP contribution in [0.5, 0.6) is 5.75 Å². The molecule has 1 aromatic rings. The molecule has 33 heavy (non-hydrogen) atoms. The van der Waals surface area contributed by atoms with E-state index in [1.165, 1.54) is 11.4 Å². The summed E-state index contributed by atoms with van der Waals surface area (Å²) >= 11 is 0. The Balaban J connectivity index is 2.43. The van der Waals surface area contributed by atoms with E-state index in [2.05, 4.69) is 10.6 Å². The highest BCUT2D eigenvalue weighted by atomic mass is 32.2. The standard InChI is InChI=1S/C22H36N4O6S/c1-14(2)23-22(29)24-18-7-8-19-17(9-18)10-21(28)26(16(4)13-27)11-15(3)20(32-19)12-25(5)33(6,30)31/h7-9,14-16,20,27H,10-13H2,1-6H3,(H2,23,24,29)/t15-,16+,20+/m0/s1. The van der Waals surface area contributed by atoms with Crippen molar-refractivity contribution in [2.75, 3.05) is 38.3 Å². The lowest BCUT2D eigenvalue weighted by Crippen LogP contribution is -2.48. The average Bonchev–Trinajstić information content (AvgIpc) is 2.74. The number of hydrogen-bond donors (Lipinski definition) is 3. The molecule has 11 heteroatoms. The third-order valence-corrected chi connectivity index (χ3v) is 6.88. The summed E-state index contributed by atoms with van der Waals surface area (Å²) in [5.41, 5.74) is 1.07. The number of benzene rings is 1. The van der Waals surface area contributed by atoms with Crippen molar-refractivity contribution in [3.8, 4) is 5.75 Å². The van der Waals surface area contributed by atoms with Gasteiger partial charge < -0.3 is 25.4 Å². The van der Waals surface area contributed by atoms with Crippen LogP contribution in [0.1, 0.15) is 33.3 Å². The predicted octanol–water partition coefficient (Wildman–Crippen LogP) is 1.26. The molecule has 0 unspecified atom stereocenters. The SMILES string of the molecule is CC(C)NC(=O)Nc1ccc2c(c1)CC(=O)N([C@H](C)CO)C[C@H](C)[C@@H](CN(C)S(C)(=O)=O)O2. The molecule has 1 aliphatic heterocycles. The Bertz CT molecular complexity index is 952. The van der Waals surface area contributed by atoms with Crippen molar-refractivity contribution in [2.45, 2.75) is 52.3 Å². The number of rotatable bonds is 7. The number of aliphatic hydroxyl groups excluding tert-OH is 1. The van der Waals surface area contributed by atoms with Gasteiger partial charge in [-0.1, -0.05) is 6.92 Å². The van der Waals surface area contributed by atoms with Gasteiger partial charge in [-0.15, -0.1) is 0 Å². The molecule has 10 nitrogen and oxygen atoms in total. The molecule has 1 aromatic carbocycles. The molecule has 3 N–H and O–H groups in total. The molecule has 0 aromatic heterocycles. The maximum Gasteiger partial charge on any atom is 0.319 e. The van der Waals surface area contributed by atoms with Gasteiger partial charge in [-0.3, -0.25) is 4.79 Å². The highest BCUT2D eigenvalue weighted by Crippen LogP contribution is 2.29. The number of carbonyl (C=O) groups excluding carboxylic acids is 2. The van der Waals surface area contributed by atoms with Crippen LogP contribution in [-0.2, 0) is 21.2 Å². The first-order valence-electron chi connectivity index (χ1n) is 11.0. The highest BCUT2D eigenvalue weighted by Gasteiger charge is 2.32. The zero-order valence-corrected chi connectivity index (χ0v) is 21.0. The van der Waals surface area contributed by atoms with Crippen LogP contribution in [0.15, 0.2) is 18.2 Å². The Morgan fingerprint density at radius 2 is 2.00 bits per heavy atom. The minimum atomic E-state index is -3.43. The summed E-state index contributed by atoms with van der Waals surface area (Å²) in [5, 5.41) is 15.2. The molecule has 3 atom stereocenters. The minimum absolute atomic E-state index is 0.0162. The summed E-state index contributed by atoms with van der Waals surface area (Å²) in [6.07, 6.45) is 0.609. The van der Waals surface area contributed by atoms with Crippen LogP contribution in [0, 0.1) is 5.92 Å². The molecular weight excluding hydrogens is 448 g/mol. The second-order valence-electron chi connectivity index (χ2n) is 9.01. The third kappa shape index (κ3) is 7.58. The number of nitrogens with one attached hydrogen (secondary N) is 2. The van der Waals surface area contributed by atoms with Crippen LogP contribution in [0.25, 0.3) is 0 Å². The van der Waals surface area contributed by atoms with Gasteiger partial charge in [0.1, 0.15) is 11.9 Å². The number of carbonyl (C=O) groups is 2. The van der Waals surface area contributed by atoms with E-state index in [0.717, 1.165) is 6.26 Å². The summed E-state index contributed by atoms with van der Waals surface area (Å²) in [6, 6.07) is 4.23. The quantitative estimate of drug-likeness (QED) is 0.535.